The number of benzene rings is 1. The molecule has 1 fully saturated rings. The number of aromatic nitrogens is 5. The maximum atomic E-state index is 5.27. The highest BCUT2D eigenvalue weighted by molar-refractivity contribution is 7.98. The minimum absolute atomic E-state index is 0.496. The van der Waals surface area contributed by atoms with Crippen molar-refractivity contribution in [2.24, 2.45) is 0 Å². The van der Waals surface area contributed by atoms with E-state index in [0.29, 0.717) is 6.04 Å². The molecule has 0 amide bonds. The first-order chi connectivity index (χ1) is 11.3. The van der Waals surface area contributed by atoms with Crippen LogP contribution in [0.1, 0.15) is 24.6 Å². The monoisotopic (exact) mass is 345 g/mol. The van der Waals surface area contributed by atoms with Crippen LogP contribution in [0.15, 0.2) is 34.8 Å². The van der Waals surface area contributed by atoms with E-state index in [0.717, 1.165) is 32.9 Å². The molecule has 2 aromatic heterocycles. The van der Waals surface area contributed by atoms with Crippen LogP contribution in [0.5, 0.6) is 5.75 Å². The van der Waals surface area contributed by atoms with Crippen LogP contribution < -0.4 is 4.74 Å². The molecule has 4 rings (SSSR count). The van der Waals surface area contributed by atoms with Crippen LogP contribution in [-0.4, -0.2) is 32.3 Å². The molecule has 118 valence electrons. The molecule has 23 heavy (non-hydrogen) atoms. The van der Waals surface area contributed by atoms with Gasteiger partial charge < -0.3 is 4.74 Å². The SMILES string of the molecule is COc1cccc(-c2nc(CSc3nnnn3C3CC3)cs2)c1. The zero-order valence-electron chi connectivity index (χ0n) is 12.5. The Morgan fingerprint density at radius 2 is 2.30 bits per heavy atom. The molecule has 6 nitrogen and oxygen atoms in total. The van der Waals surface area contributed by atoms with E-state index in [-0.39, 0.29) is 0 Å². The standard InChI is InChI=1S/C15H15N5OS2/c1-21-13-4-2-3-10(7-13)14-16-11(8-22-14)9-23-15-17-18-19-20(15)12-5-6-12/h2-4,7-8,12H,5-6,9H2,1H3. The van der Waals surface area contributed by atoms with E-state index in [1.54, 1.807) is 30.2 Å². The van der Waals surface area contributed by atoms with E-state index in [2.05, 4.69) is 20.9 Å². The van der Waals surface area contributed by atoms with Crippen LogP contribution >= 0.6 is 23.1 Å². The molecule has 8 heteroatoms. The molecule has 1 saturated carbocycles. The lowest BCUT2D eigenvalue weighted by atomic mass is 10.2. The van der Waals surface area contributed by atoms with E-state index in [1.165, 1.54) is 12.8 Å². The Balaban J connectivity index is 1.46. The van der Waals surface area contributed by atoms with Crippen LogP contribution in [-0.2, 0) is 5.75 Å². The summed E-state index contributed by atoms with van der Waals surface area (Å²) in [6.07, 6.45) is 2.35. The molecule has 0 radical (unpaired) electrons. The van der Waals surface area contributed by atoms with Gasteiger partial charge in [0, 0.05) is 16.7 Å². The van der Waals surface area contributed by atoms with Gasteiger partial charge in [0.15, 0.2) is 0 Å². The lowest BCUT2D eigenvalue weighted by molar-refractivity contribution is 0.415. The number of methoxy groups -OCH3 is 1. The van der Waals surface area contributed by atoms with Crippen LogP contribution in [0.4, 0.5) is 0 Å². The van der Waals surface area contributed by atoms with Gasteiger partial charge in [-0.2, -0.15) is 0 Å². The summed E-state index contributed by atoms with van der Waals surface area (Å²) in [6.45, 7) is 0. The van der Waals surface area contributed by atoms with E-state index in [1.807, 2.05) is 28.9 Å². The Morgan fingerprint density at radius 1 is 1.39 bits per heavy atom. The summed E-state index contributed by atoms with van der Waals surface area (Å²) in [5, 5.41) is 15.9. The van der Waals surface area contributed by atoms with Crippen molar-refractivity contribution >= 4 is 23.1 Å². The molecule has 3 aromatic rings. The van der Waals surface area contributed by atoms with Gasteiger partial charge in [-0.05, 0) is 35.4 Å². The van der Waals surface area contributed by atoms with Gasteiger partial charge in [0.1, 0.15) is 10.8 Å². The van der Waals surface area contributed by atoms with Gasteiger partial charge in [0.05, 0.1) is 18.8 Å². The number of thioether (sulfide) groups is 1. The average Bonchev–Trinajstić information content (AvgIpc) is 3.14. The highest BCUT2D eigenvalue weighted by Gasteiger charge is 2.27. The number of rotatable bonds is 6. The van der Waals surface area contributed by atoms with Crippen molar-refractivity contribution in [2.45, 2.75) is 29.8 Å². The second-order valence-corrected chi connectivity index (χ2v) is 7.10. The summed E-state index contributed by atoms with van der Waals surface area (Å²) in [5.74, 6) is 1.62. The molecular formula is C15H15N5OS2. The molecule has 0 spiro atoms. The fourth-order valence-corrected chi connectivity index (χ4v) is 3.99. The number of nitrogens with zero attached hydrogens (tertiary/aromatic N) is 5. The molecule has 0 saturated heterocycles. The summed E-state index contributed by atoms with van der Waals surface area (Å²) in [6, 6.07) is 8.46. The second kappa shape index (κ2) is 6.29. The van der Waals surface area contributed by atoms with Crippen molar-refractivity contribution in [2.75, 3.05) is 7.11 Å². The lowest BCUT2D eigenvalue weighted by Crippen LogP contribution is -1.98. The van der Waals surface area contributed by atoms with Crippen LogP contribution in [0.25, 0.3) is 10.6 Å². The summed E-state index contributed by atoms with van der Waals surface area (Å²) in [4.78, 5) is 4.71. The third-order valence-corrected chi connectivity index (χ3v) is 5.48. The zero-order valence-corrected chi connectivity index (χ0v) is 14.2. The zero-order chi connectivity index (χ0) is 15.6. The molecule has 0 unspecified atom stereocenters. The first kappa shape index (κ1) is 14.6. The van der Waals surface area contributed by atoms with Gasteiger partial charge in [-0.15, -0.1) is 16.4 Å². The molecule has 1 aliphatic carbocycles. The summed E-state index contributed by atoms with van der Waals surface area (Å²) >= 11 is 3.28. The largest absolute Gasteiger partial charge is 0.497 e. The van der Waals surface area contributed by atoms with Crippen molar-refractivity contribution in [3.63, 3.8) is 0 Å². The van der Waals surface area contributed by atoms with Crippen LogP contribution in [0, 0.1) is 0 Å². The highest BCUT2D eigenvalue weighted by Crippen LogP contribution is 2.37. The number of hydrogen-bond donors (Lipinski definition) is 0. The van der Waals surface area contributed by atoms with Gasteiger partial charge in [0.25, 0.3) is 0 Å². The smallest absolute Gasteiger partial charge is 0.209 e. The first-order valence-electron chi connectivity index (χ1n) is 7.33. The minimum atomic E-state index is 0.496. The molecule has 1 aromatic carbocycles. The van der Waals surface area contributed by atoms with Gasteiger partial charge >= 0.3 is 0 Å². The number of hydrogen-bond acceptors (Lipinski definition) is 7. The van der Waals surface area contributed by atoms with Crippen molar-refractivity contribution in [1.82, 2.24) is 25.2 Å². The van der Waals surface area contributed by atoms with E-state index in [4.69, 9.17) is 9.72 Å². The lowest BCUT2D eigenvalue weighted by Gasteiger charge is -2.01. The fraction of sp³-hybridized carbons (Fsp3) is 0.333. The fourth-order valence-electron chi connectivity index (χ4n) is 2.23. The Morgan fingerprint density at radius 3 is 3.13 bits per heavy atom. The average molecular weight is 345 g/mol. The summed E-state index contributed by atoms with van der Waals surface area (Å²) < 4.78 is 7.20. The predicted octanol–water partition coefficient (Wildman–Crippen LogP) is 3.43. The predicted molar refractivity (Wildman–Crippen MR) is 89.8 cm³/mol. The van der Waals surface area contributed by atoms with Crippen LogP contribution in [0.3, 0.4) is 0 Å². The van der Waals surface area contributed by atoms with Crippen LogP contribution in [0.2, 0.25) is 0 Å². The highest BCUT2D eigenvalue weighted by atomic mass is 32.2. The van der Waals surface area contributed by atoms with E-state index < -0.39 is 0 Å². The molecule has 0 bridgehead atoms. The maximum Gasteiger partial charge on any atom is 0.209 e. The Kier molecular flexibility index (Phi) is 4.00. The Bertz CT molecular complexity index is 812. The molecule has 0 atom stereocenters. The first-order valence-corrected chi connectivity index (χ1v) is 9.19. The van der Waals surface area contributed by atoms with Crippen molar-refractivity contribution in [3.05, 3.63) is 35.3 Å². The number of tetrazole rings is 1. The van der Waals surface area contributed by atoms with Crippen molar-refractivity contribution < 1.29 is 4.74 Å². The Labute approximate surface area is 141 Å². The molecular weight excluding hydrogens is 330 g/mol. The Hall–Kier alpha value is -1.93. The number of thiazole rings is 1. The van der Waals surface area contributed by atoms with Crippen molar-refractivity contribution in [1.29, 1.82) is 0 Å². The van der Waals surface area contributed by atoms with Crippen molar-refractivity contribution in [3.8, 4) is 16.3 Å². The van der Waals surface area contributed by atoms with Gasteiger partial charge in [-0.1, -0.05) is 23.9 Å². The summed E-state index contributed by atoms with van der Waals surface area (Å²) in [5.41, 5.74) is 2.12. The van der Waals surface area contributed by atoms with Gasteiger partial charge in [-0.25, -0.2) is 9.67 Å². The third kappa shape index (κ3) is 3.23. The van der Waals surface area contributed by atoms with Gasteiger partial charge in [-0.3, -0.25) is 0 Å². The molecule has 0 aliphatic heterocycles. The third-order valence-electron chi connectivity index (χ3n) is 3.57. The molecule has 2 heterocycles. The second-order valence-electron chi connectivity index (χ2n) is 5.30. The minimum Gasteiger partial charge on any atom is -0.497 e. The number of ether oxygens (including phenoxy) is 1. The topological polar surface area (TPSA) is 65.7 Å². The normalized spacial score (nSPS) is 14.1. The summed E-state index contributed by atoms with van der Waals surface area (Å²) in [7, 11) is 1.67. The maximum absolute atomic E-state index is 5.27. The molecule has 0 N–H and O–H groups in total. The quantitative estimate of drug-likeness (QED) is 0.638. The van der Waals surface area contributed by atoms with E-state index >= 15 is 0 Å². The molecule has 1 aliphatic rings. The van der Waals surface area contributed by atoms with E-state index in [9.17, 15) is 0 Å². The van der Waals surface area contributed by atoms with Gasteiger partial charge in [0.2, 0.25) is 5.16 Å².